The van der Waals surface area contributed by atoms with Gasteiger partial charge in [-0.3, -0.25) is 4.79 Å². The number of nitrogens with zero attached hydrogens (tertiary/aromatic N) is 2. The van der Waals surface area contributed by atoms with Crippen LogP contribution in [-0.2, 0) is 4.79 Å². The minimum absolute atomic E-state index is 0.150. The van der Waals surface area contributed by atoms with E-state index in [2.05, 4.69) is 86.3 Å². The van der Waals surface area contributed by atoms with Gasteiger partial charge in [-0.25, -0.2) is 0 Å². The van der Waals surface area contributed by atoms with Gasteiger partial charge in [0.1, 0.15) is 0 Å². The summed E-state index contributed by atoms with van der Waals surface area (Å²) in [7, 11) is 0. The van der Waals surface area contributed by atoms with Crippen molar-refractivity contribution in [3.05, 3.63) is 101 Å². The van der Waals surface area contributed by atoms with Crippen LogP contribution in [0.2, 0.25) is 0 Å². The van der Waals surface area contributed by atoms with E-state index in [0.29, 0.717) is 5.92 Å². The second-order valence-corrected chi connectivity index (χ2v) is 10.3. The summed E-state index contributed by atoms with van der Waals surface area (Å²) < 4.78 is 0. The third-order valence-corrected chi connectivity index (χ3v) is 7.56. The molecule has 0 unspecified atom stereocenters. The van der Waals surface area contributed by atoms with Gasteiger partial charge >= 0.3 is 0 Å². The predicted molar refractivity (Wildman–Crippen MR) is 147 cm³/mol. The molecule has 3 aromatic rings. The number of hydrogen-bond acceptors (Lipinski definition) is 2. The number of amides is 1. The lowest BCUT2D eigenvalue weighted by atomic mass is 9.86. The summed E-state index contributed by atoms with van der Waals surface area (Å²) in [4.78, 5) is 17.2. The summed E-state index contributed by atoms with van der Waals surface area (Å²) in [6.45, 7) is 11.3. The molecule has 1 fully saturated rings. The second-order valence-electron chi connectivity index (χ2n) is 10.3. The van der Waals surface area contributed by atoms with Gasteiger partial charge in [-0.1, -0.05) is 77.9 Å². The average Bonchev–Trinajstić information content (AvgIpc) is 2.85. The number of hydrogen-bond donors (Lipinski definition) is 0. The van der Waals surface area contributed by atoms with Crippen molar-refractivity contribution in [1.29, 1.82) is 0 Å². The maximum absolute atomic E-state index is 12.5. The summed E-state index contributed by atoms with van der Waals surface area (Å²) in [6, 6.07) is 26.7. The third kappa shape index (κ3) is 6.41. The molecule has 0 aliphatic carbocycles. The Bertz CT molecular complexity index is 1050. The van der Waals surface area contributed by atoms with Gasteiger partial charge in [0.15, 0.2) is 0 Å². The molecule has 1 aliphatic heterocycles. The van der Waals surface area contributed by atoms with Gasteiger partial charge in [0.2, 0.25) is 5.91 Å². The minimum atomic E-state index is 0.150. The van der Waals surface area contributed by atoms with E-state index in [0.717, 1.165) is 44.6 Å². The fraction of sp³-hybridized carbons (Fsp3) is 0.406. The first-order chi connectivity index (χ1) is 16.9. The van der Waals surface area contributed by atoms with Crippen molar-refractivity contribution in [3.8, 4) is 0 Å². The molecule has 0 N–H and O–H groups in total. The molecular formula is C32H40N2O. The molecule has 1 aliphatic rings. The van der Waals surface area contributed by atoms with Crippen LogP contribution in [0.15, 0.2) is 72.8 Å². The Morgan fingerprint density at radius 3 is 1.91 bits per heavy atom. The van der Waals surface area contributed by atoms with Crippen LogP contribution in [0.3, 0.4) is 0 Å². The van der Waals surface area contributed by atoms with Gasteiger partial charge in [0.25, 0.3) is 0 Å². The van der Waals surface area contributed by atoms with E-state index in [1.807, 2.05) is 17.0 Å². The first-order valence-electron chi connectivity index (χ1n) is 13.1. The van der Waals surface area contributed by atoms with Crippen molar-refractivity contribution >= 4 is 11.6 Å². The molecule has 3 heteroatoms. The Labute approximate surface area is 211 Å². The van der Waals surface area contributed by atoms with E-state index in [1.165, 1.54) is 34.2 Å². The highest BCUT2D eigenvalue weighted by molar-refractivity contribution is 5.92. The van der Waals surface area contributed by atoms with Crippen molar-refractivity contribution in [2.45, 2.75) is 65.3 Å². The van der Waals surface area contributed by atoms with E-state index in [1.54, 1.807) is 6.92 Å². The Morgan fingerprint density at radius 2 is 1.40 bits per heavy atom. The second kappa shape index (κ2) is 11.7. The average molecular weight is 469 g/mol. The van der Waals surface area contributed by atoms with E-state index >= 15 is 0 Å². The van der Waals surface area contributed by atoms with Gasteiger partial charge in [0, 0.05) is 37.7 Å². The monoisotopic (exact) mass is 468 g/mol. The van der Waals surface area contributed by atoms with Gasteiger partial charge in [-0.05, 0) is 75.8 Å². The van der Waals surface area contributed by atoms with Crippen molar-refractivity contribution in [2.24, 2.45) is 0 Å². The molecule has 1 heterocycles. The standard InChI is InChI=1S/C32H40N2O/c1-24-11-15-28(16-12-24)31(29-17-13-25(2)14-18-29)9-7-21-33-22-19-30(20-23-33)34(27(4)35)32-10-6-5-8-26(32)3/h5-6,8,10-18,30-31H,7,9,19-23H2,1-4H3. The van der Waals surface area contributed by atoms with E-state index in [-0.39, 0.29) is 11.9 Å². The number of benzene rings is 3. The van der Waals surface area contributed by atoms with Crippen LogP contribution in [0, 0.1) is 20.8 Å². The van der Waals surface area contributed by atoms with Crippen LogP contribution in [-0.4, -0.2) is 36.5 Å². The normalized spacial score (nSPS) is 14.9. The first-order valence-corrected chi connectivity index (χ1v) is 13.1. The molecule has 1 amide bonds. The Hall–Kier alpha value is -2.91. The molecular weight excluding hydrogens is 428 g/mol. The molecule has 3 aromatic carbocycles. The van der Waals surface area contributed by atoms with Crippen LogP contribution in [0.25, 0.3) is 0 Å². The number of para-hydroxylation sites is 1. The maximum atomic E-state index is 12.5. The third-order valence-electron chi connectivity index (χ3n) is 7.56. The SMILES string of the molecule is CC(=O)N(c1ccccc1C)C1CCN(CCCC(c2ccc(C)cc2)c2ccc(C)cc2)CC1. The number of aryl methyl sites for hydroxylation is 3. The molecule has 4 rings (SSSR count). The quantitative estimate of drug-likeness (QED) is 0.354. The summed E-state index contributed by atoms with van der Waals surface area (Å²) in [5.74, 6) is 0.583. The molecule has 0 saturated carbocycles. The predicted octanol–water partition coefficient (Wildman–Crippen LogP) is 7.04. The number of rotatable bonds is 8. The minimum Gasteiger partial charge on any atom is -0.309 e. The van der Waals surface area contributed by atoms with Crippen LogP contribution in [0.4, 0.5) is 5.69 Å². The summed E-state index contributed by atoms with van der Waals surface area (Å²) in [5, 5.41) is 0. The molecule has 0 atom stereocenters. The lowest BCUT2D eigenvalue weighted by molar-refractivity contribution is -0.117. The Balaban J connectivity index is 1.35. The summed E-state index contributed by atoms with van der Waals surface area (Å²) in [5.41, 5.74) is 7.68. The lowest BCUT2D eigenvalue weighted by Gasteiger charge is -2.39. The maximum Gasteiger partial charge on any atom is 0.224 e. The zero-order valence-electron chi connectivity index (χ0n) is 21.8. The van der Waals surface area contributed by atoms with Crippen LogP contribution >= 0.6 is 0 Å². The highest BCUT2D eigenvalue weighted by Crippen LogP contribution is 2.31. The lowest BCUT2D eigenvalue weighted by Crippen LogP contribution is -2.47. The van der Waals surface area contributed by atoms with E-state index in [4.69, 9.17) is 0 Å². The van der Waals surface area contributed by atoms with Crippen LogP contribution < -0.4 is 4.90 Å². The van der Waals surface area contributed by atoms with E-state index in [9.17, 15) is 4.79 Å². The zero-order chi connectivity index (χ0) is 24.8. The van der Waals surface area contributed by atoms with Crippen molar-refractivity contribution in [3.63, 3.8) is 0 Å². The molecule has 35 heavy (non-hydrogen) atoms. The highest BCUT2D eigenvalue weighted by Gasteiger charge is 2.28. The fourth-order valence-electron chi connectivity index (χ4n) is 5.50. The number of carbonyl (C=O) groups excluding carboxylic acids is 1. The first kappa shape index (κ1) is 25.2. The summed E-state index contributed by atoms with van der Waals surface area (Å²) in [6.07, 6.45) is 4.39. The van der Waals surface area contributed by atoms with Crippen molar-refractivity contribution < 1.29 is 4.79 Å². The number of piperidine rings is 1. The van der Waals surface area contributed by atoms with Crippen molar-refractivity contribution in [1.82, 2.24) is 4.90 Å². The molecule has 184 valence electrons. The van der Waals surface area contributed by atoms with Gasteiger partial charge in [0.05, 0.1) is 0 Å². The molecule has 0 bridgehead atoms. The Morgan fingerprint density at radius 1 is 0.857 bits per heavy atom. The van der Waals surface area contributed by atoms with Gasteiger partial charge in [-0.15, -0.1) is 0 Å². The van der Waals surface area contributed by atoms with Crippen LogP contribution in [0.1, 0.15) is 66.3 Å². The summed E-state index contributed by atoms with van der Waals surface area (Å²) >= 11 is 0. The largest absolute Gasteiger partial charge is 0.309 e. The number of likely N-dealkylation sites (tertiary alicyclic amines) is 1. The topological polar surface area (TPSA) is 23.6 Å². The van der Waals surface area contributed by atoms with Crippen molar-refractivity contribution in [2.75, 3.05) is 24.5 Å². The Kier molecular flexibility index (Phi) is 8.41. The smallest absolute Gasteiger partial charge is 0.224 e. The van der Waals surface area contributed by atoms with Gasteiger partial charge in [-0.2, -0.15) is 0 Å². The zero-order valence-corrected chi connectivity index (χ0v) is 21.8. The van der Waals surface area contributed by atoms with E-state index < -0.39 is 0 Å². The number of anilines is 1. The molecule has 3 nitrogen and oxygen atoms in total. The molecule has 0 aromatic heterocycles. The number of carbonyl (C=O) groups is 1. The molecule has 1 saturated heterocycles. The molecule has 0 spiro atoms. The highest BCUT2D eigenvalue weighted by atomic mass is 16.2. The van der Waals surface area contributed by atoms with Crippen LogP contribution in [0.5, 0.6) is 0 Å². The van der Waals surface area contributed by atoms with Gasteiger partial charge < -0.3 is 9.80 Å². The molecule has 0 radical (unpaired) electrons. The fourth-order valence-corrected chi connectivity index (χ4v) is 5.50.